The monoisotopic (exact) mass is 415 g/mol. The van der Waals surface area contributed by atoms with Gasteiger partial charge in [-0.25, -0.2) is 8.42 Å². The number of benzene rings is 2. The van der Waals surface area contributed by atoms with Crippen LogP contribution >= 0.6 is 23.2 Å². The maximum atomic E-state index is 12.7. The normalized spacial score (nSPS) is 18.2. The molecule has 0 spiro atoms. The van der Waals surface area contributed by atoms with Gasteiger partial charge in [0.1, 0.15) is 15.8 Å². The number of ether oxygens (including phenoxy) is 2. The van der Waals surface area contributed by atoms with E-state index >= 15 is 0 Å². The van der Waals surface area contributed by atoms with Crippen molar-refractivity contribution in [3.8, 4) is 11.5 Å². The van der Waals surface area contributed by atoms with Crippen molar-refractivity contribution in [1.82, 2.24) is 0 Å². The van der Waals surface area contributed by atoms with Crippen LogP contribution in [0, 0.1) is 5.92 Å². The molecule has 1 saturated carbocycles. The molecule has 2 aromatic rings. The fourth-order valence-electron chi connectivity index (χ4n) is 2.44. The summed E-state index contributed by atoms with van der Waals surface area (Å²) < 4.78 is 36.7. The molecule has 0 aliphatic heterocycles. The zero-order valence-electron chi connectivity index (χ0n) is 14.4. The third-order valence-corrected chi connectivity index (χ3v) is 7.05. The first-order valence-electron chi connectivity index (χ1n) is 7.98. The summed E-state index contributed by atoms with van der Waals surface area (Å²) in [6.07, 6.45) is 0.719. The summed E-state index contributed by atoms with van der Waals surface area (Å²) in [5.74, 6) is 1.37. The van der Waals surface area contributed by atoms with Crippen LogP contribution in [0.1, 0.15) is 6.42 Å². The van der Waals surface area contributed by atoms with Gasteiger partial charge < -0.3 is 9.47 Å². The molecule has 8 heteroatoms. The molecule has 26 heavy (non-hydrogen) atoms. The zero-order chi connectivity index (χ0) is 18.9. The largest absolute Gasteiger partial charge is 0.497 e. The van der Waals surface area contributed by atoms with Crippen LogP contribution in [0.2, 0.25) is 0 Å². The lowest BCUT2D eigenvalue weighted by molar-refractivity contribution is 0.298. The Labute approximate surface area is 163 Å². The first-order valence-corrected chi connectivity index (χ1v) is 10.2. The molecular formula is C18H19Cl2NO4S. The van der Waals surface area contributed by atoms with E-state index in [2.05, 4.69) is 0 Å². The topological polar surface area (TPSA) is 55.8 Å². The molecule has 0 heterocycles. The summed E-state index contributed by atoms with van der Waals surface area (Å²) in [5.41, 5.74) is 0.531. The highest BCUT2D eigenvalue weighted by Crippen LogP contribution is 2.53. The van der Waals surface area contributed by atoms with E-state index in [4.69, 9.17) is 32.7 Å². The van der Waals surface area contributed by atoms with E-state index in [1.165, 1.54) is 30.6 Å². The second kappa shape index (κ2) is 7.18. The summed E-state index contributed by atoms with van der Waals surface area (Å²) in [6, 6.07) is 13.1. The molecule has 0 N–H and O–H groups in total. The Morgan fingerprint density at radius 2 is 1.62 bits per heavy atom. The van der Waals surface area contributed by atoms with Gasteiger partial charge in [0.2, 0.25) is 0 Å². The van der Waals surface area contributed by atoms with Gasteiger partial charge in [-0.3, -0.25) is 4.31 Å². The third kappa shape index (κ3) is 4.03. The van der Waals surface area contributed by atoms with E-state index in [-0.39, 0.29) is 10.8 Å². The lowest BCUT2D eigenvalue weighted by Gasteiger charge is -2.20. The van der Waals surface area contributed by atoms with E-state index < -0.39 is 14.4 Å². The van der Waals surface area contributed by atoms with Gasteiger partial charge in [-0.05, 0) is 55.0 Å². The van der Waals surface area contributed by atoms with Gasteiger partial charge >= 0.3 is 0 Å². The zero-order valence-corrected chi connectivity index (χ0v) is 16.7. The molecule has 140 valence electrons. The minimum Gasteiger partial charge on any atom is -0.497 e. The number of sulfonamides is 1. The van der Waals surface area contributed by atoms with Crippen molar-refractivity contribution in [2.45, 2.75) is 15.6 Å². The van der Waals surface area contributed by atoms with Gasteiger partial charge in [-0.15, -0.1) is 23.2 Å². The summed E-state index contributed by atoms with van der Waals surface area (Å²) in [6.45, 7) is 0.437. The second-order valence-corrected chi connectivity index (χ2v) is 9.63. The van der Waals surface area contributed by atoms with Gasteiger partial charge in [0.15, 0.2) is 0 Å². The van der Waals surface area contributed by atoms with Gasteiger partial charge in [0, 0.05) is 13.0 Å². The van der Waals surface area contributed by atoms with E-state index in [1.807, 2.05) is 0 Å². The third-order valence-electron chi connectivity index (χ3n) is 4.33. The van der Waals surface area contributed by atoms with E-state index in [1.54, 1.807) is 36.4 Å². The predicted molar refractivity (Wildman–Crippen MR) is 103 cm³/mol. The van der Waals surface area contributed by atoms with Gasteiger partial charge in [-0.1, -0.05) is 0 Å². The molecule has 2 aromatic carbocycles. The number of anilines is 1. The molecule has 0 radical (unpaired) electrons. The van der Waals surface area contributed by atoms with Crippen LogP contribution in [0.25, 0.3) is 0 Å². The van der Waals surface area contributed by atoms with E-state index in [0.717, 1.165) is 6.42 Å². The maximum Gasteiger partial charge on any atom is 0.264 e. The van der Waals surface area contributed by atoms with Gasteiger partial charge in [0.25, 0.3) is 10.0 Å². The van der Waals surface area contributed by atoms with Crippen molar-refractivity contribution >= 4 is 38.9 Å². The Morgan fingerprint density at radius 1 is 1.08 bits per heavy atom. The quantitative estimate of drug-likeness (QED) is 0.638. The first-order chi connectivity index (χ1) is 12.2. The van der Waals surface area contributed by atoms with Crippen LogP contribution in [0.15, 0.2) is 53.4 Å². The molecule has 5 nitrogen and oxygen atoms in total. The van der Waals surface area contributed by atoms with Crippen LogP contribution < -0.4 is 13.8 Å². The molecule has 0 amide bonds. The maximum absolute atomic E-state index is 12.7. The summed E-state index contributed by atoms with van der Waals surface area (Å²) in [5, 5.41) is 0. The van der Waals surface area contributed by atoms with Crippen molar-refractivity contribution in [3.05, 3.63) is 48.5 Å². The van der Waals surface area contributed by atoms with Gasteiger partial charge in [-0.2, -0.15) is 0 Å². The van der Waals surface area contributed by atoms with Crippen molar-refractivity contribution in [1.29, 1.82) is 0 Å². The lowest BCUT2D eigenvalue weighted by atomic mass is 10.3. The Kier molecular flexibility index (Phi) is 5.28. The Balaban J connectivity index is 1.69. The molecule has 3 rings (SSSR count). The van der Waals surface area contributed by atoms with Crippen molar-refractivity contribution in [2.75, 3.05) is 25.1 Å². The van der Waals surface area contributed by atoms with E-state index in [9.17, 15) is 8.42 Å². The fourth-order valence-corrected chi connectivity index (χ4v) is 4.14. The molecule has 1 fully saturated rings. The molecule has 0 saturated heterocycles. The van der Waals surface area contributed by atoms with Crippen molar-refractivity contribution < 1.29 is 17.9 Å². The van der Waals surface area contributed by atoms with Crippen LogP contribution in [0.4, 0.5) is 5.69 Å². The Bertz CT molecular complexity index is 867. The predicted octanol–water partition coefficient (Wildman–Crippen LogP) is 4.09. The number of hydrogen-bond acceptors (Lipinski definition) is 4. The second-order valence-electron chi connectivity index (χ2n) is 6.12. The van der Waals surface area contributed by atoms with Crippen molar-refractivity contribution in [3.63, 3.8) is 0 Å². The highest BCUT2D eigenvalue weighted by molar-refractivity contribution is 7.92. The van der Waals surface area contributed by atoms with Crippen LogP contribution in [0.5, 0.6) is 11.5 Å². The highest BCUT2D eigenvalue weighted by atomic mass is 35.5. The minimum atomic E-state index is -3.66. The highest BCUT2D eigenvalue weighted by Gasteiger charge is 2.52. The van der Waals surface area contributed by atoms with Crippen LogP contribution in [-0.4, -0.2) is 33.5 Å². The minimum absolute atomic E-state index is 0.128. The van der Waals surface area contributed by atoms with Crippen molar-refractivity contribution in [2.24, 2.45) is 5.92 Å². The molecule has 1 aliphatic rings. The summed E-state index contributed by atoms with van der Waals surface area (Å²) in [4.78, 5) is 0.190. The molecule has 0 bridgehead atoms. The van der Waals surface area contributed by atoms with Gasteiger partial charge in [0.05, 0.1) is 24.3 Å². The molecule has 0 unspecified atom stereocenters. The number of rotatable bonds is 7. The summed E-state index contributed by atoms with van der Waals surface area (Å²) >= 11 is 11.9. The summed E-state index contributed by atoms with van der Waals surface area (Å²) in [7, 11) is -0.620. The first kappa shape index (κ1) is 19.1. The number of alkyl halides is 2. The number of methoxy groups -OCH3 is 1. The average Bonchev–Trinajstić information content (AvgIpc) is 3.26. The number of halogens is 2. The van der Waals surface area contributed by atoms with Crippen LogP contribution in [-0.2, 0) is 10.0 Å². The van der Waals surface area contributed by atoms with E-state index in [0.29, 0.717) is 23.8 Å². The molecule has 1 aliphatic carbocycles. The fraction of sp³-hybridized carbons (Fsp3) is 0.333. The lowest BCUT2D eigenvalue weighted by Crippen LogP contribution is -2.26. The number of hydrogen-bond donors (Lipinski definition) is 0. The smallest absolute Gasteiger partial charge is 0.264 e. The Morgan fingerprint density at radius 3 is 2.12 bits per heavy atom. The standard InChI is InChI=1S/C18H19Cl2NO4S/c1-21(26(22,23)17-9-7-15(24-2)8-10-17)14-3-5-16(6-4-14)25-12-13-11-18(13,19)20/h3-10,13H,11-12H2,1-2H3/t13-/m1/s1. The van der Waals surface area contributed by atoms with Crippen LogP contribution in [0.3, 0.4) is 0 Å². The average molecular weight is 416 g/mol. The molecular weight excluding hydrogens is 397 g/mol. The molecule has 1 atom stereocenters. The SMILES string of the molecule is COc1ccc(S(=O)(=O)N(C)c2ccc(OC[C@H]3CC3(Cl)Cl)cc2)cc1. The molecule has 0 aromatic heterocycles. The Hall–Kier alpha value is -1.63. The number of nitrogens with zero attached hydrogens (tertiary/aromatic N) is 1.